The Morgan fingerprint density at radius 3 is 2.84 bits per heavy atom. The summed E-state index contributed by atoms with van der Waals surface area (Å²) in [6.45, 7) is 5.02. The highest BCUT2D eigenvalue weighted by molar-refractivity contribution is 9.10. The molecule has 0 saturated heterocycles. The maximum atomic E-state index is 4.52. The van der Waals surface area contributed by atoms with E-state index in [0.717, 1.165) is 28.4 Å². The molecule has 0 aliphatic carbocycles. The number of hydrogen-bond acceptors (Lipinski definition) is 4. The van der Waals surface area contributed by atoms with Gasteiger partial charge in [0.15, 0.2) is 0 Å². The van der Waals surface area contributed by atoms with Crippen LogP contribution in [0.25, 0.3) is 0 Å². The summed E-state index contributed by atoms with van der Waals surface area (Å²) in [5.41, 5.74) is 1.29. The largest absolute Gasteiger partial charge is 0.369 e. The molecule has 0 amide bonds. The SMILES string of the molecule is CCNc1nc(CSc2ccccc2C)ncc1Br. The van der Waals surface area contributed by atoms with E-state index < -0.39 is 0 Å². The molecule has 2 rings (SSSR count). The van der Waals surface area contributed by atoms with Gasteiger partial charge in [-0.05, 0) is 41.4 Å². The van der Waals surface area contributed by atoms with Crippen LogP contribution >= 0.6 is 27.7 Å². The van der Waals surface area contributed by atoms with Gasteiger partial charge in [-0.2, -0.15) is 0 Å². The van der Waals surface area contributed by atoms with E-state index in [1.807, 2.05) is 0 Å². The second kappa shape index (κ2) is 6.91. The fourth-order valence-corrected chi connectivity index (χ4v) is 2.85. The quantitative estimate of drug-likeness (QED) is 0.826. The standard InChI is InChI=1S/C14H16BrN3S/c1-3-16-14-11(15)8-17-13(18-14)9-19-12-7-5-4-6-10(12)2/h4-8H,3,9H2,1-2H3,(H,16,17,18). The number of aryl methyl sites for hydroxylation is 1. The summed E-state index contributed by atoms with van der Waals surface area (Å²) >= 11 is 5.21. The van der Waals surface area contributed by atoms with Crippen molar-refractivity contribution in [3.63, 3.8) is 0 Å². The first-order chi connectivity index (χ1) is 9.20. The van der Waals surface area contributed by atoms with Crippen LogP contribution in [0.5, 0.6) is 0 Å². The Morgan fingerprint density at radius 1 is 1.32 bits per heavy atom. The molecule has 19 heavy (non-hydrogen) atoms. The fraction of sp³-hybridized carbons (Fsp3) is 0.286. The number of thioether (sulfide) groups is 1. The van der Waals surface area contributed by atoms with E-state index in [2.05, 4.69) is 69.3 Å². The smallest absolute Gasteiger partial charge is 0.144 e. The zero-order chi connectivity index (χ0) is 13.7. The Bertz CT molecular complexity index is 560. The summed E-state index contributed by atoms with van der Waals surface area (Å²) in [5, 5.41) is 3.22. The summed E-state index contributed by atoms with van der Waals surface area (Å²) in [5.74, 6) is 2.47. The van der Waals surface area contributed by atoms with Gasteiger partial charge in [0.25, 0.3) is 0 Å². The molecule has 5 heteroatoms. The first-order valence-corrected chi connectivity index (χ1v) is 7.92. The number of rotatable bonds is 5. The molecule has 0 aliphatic rings. The van der Waals surface area contributed by atoms with Crippen LogP contribution < -0.4 is 5.32 Å². The summed E-state index contributed by atoms with van der Waals surface area (Å²) < 4.78 is 0.902. The zero-order valence-electron chi connectivity index (χ0n) is 11.0. The third-order valence-electron chi connectivity index (χ3n) is 2.59. The molecule has 0 atom stereocenters. The molecule has 0 radical (unpaired) electrons. The molecule has 0 fully saturated rings. The molecule has 1 N–H and O–H groups in total. The van der Waals surface area contributed by atoms with Crippen molar-refractivity contribution in [3.8, 4) is 0 Å². The lowest BCUT2D eigenvalue weighted by Crippen LogP contribution is -2.03. The lowest BCUT2D eigenvalue weighted by molar-refractivity contribution is 1.01. The second-order valence-corrected chi connectivity index (χ2v) is 5.94. The number of benzene rings is 1. The highest BCUT2D eigenvalue weighted by atomic mass is 79.9. The number of halogens is 1. The highest BCUT2D eigenvalue weighted by Crippen LogP contribution is 2.26. The Hall–Kier alpha value is -1.07. The number of nitrogens with one attached hydrogen (secondary N) is 1. The molecule has 1 heterocycles. The van der Waals surface area contributed by atoms with Crippen molar-refractivity contribution >= 4 is 33.5 Å². The maximum Gasteiger partial charge on any atom is 0.144 e. The summed E-state index contributed by atoms with van der Waals surface area (Å²) in [4.78, 5) is 10.1. The van der Waals surface area contributed by atoms with Crippen molar-refractivity contribution in [1.29, 1.82) is 0 Å². The van der Waals surface area contributed by atoms with Crippen molar-refractivity contribution in [3.05, 3.63) is 46.3 Å². The number of aromatic nitrogens is 2. The monoisotopic (exact) mass is 337 g/mol. The summed E-state index contributed by atoms with van der Waals surface area (Å²) in [6.07, 6.45) is 1.80. The normalized spacial score (nSPS) is 10.5. The van der Waals surface area contributed by atoms with Gasteiger partial charge in [-0.25, -0.2) is 9.97 Å². The lowest BCUT2D eigenvalue weighted by atomic mass is 10.2. The Labute approximate surface area is 126 Å². The minimum absolute atomic E-state index is 0.774. The fourth-order valence-electron chi connectivity index (χ4n) is 1.63. The van der Waals surface area contributed by atoms with E-state index in [-0.39, 0.29) is 0 Å². The van der Waals surface area contributed by atoms with E-state index in [0.29, 0.717) is 0 Å². The minimum atomic E-state index is 0.774. The lowest BCUT2D eigenvalue weighted by Gasteiger charge is -2.08. The third kappa shape index (κ3) is 3.94. The van der Waals surface area contributed by atoms with Crippen LogP contribution in [0.4, 0.5) is 5.82 Å². The predicted octanol–water partition coefficient (Wildman–Crippen LogP) is 4.27. The van der Waals surface area contributed by atoms with Crippen LogP contribution in [0.1, 0.15) is 18.3 Å². The van der Waals surface area contributed by atoms with Crippen LogP contribution in [-0.2, 0) is 5.75 Å². The molecule has 1 aromatic carbocycles. The van der Waals surface area contributed by atoms with Crippen molar-refractivity contribution in [2.24, 2.45) is 0 Å². The molecule has 3 nitrogen and oxygen atoms in total. The molecule has 0 saturated carbocycles. The van der Waals surface area contributed by atoms with Crippen molar-refractivity contribution < 1.29 is 0 Å². The number of hydrogen-bond donors (Lipinski definition) is 1. The van der Waals surface area contributed by atoms with Crippen LogP contribution in [-0.4, -0.2) is 16.5 Å². The summed E-state index contributed by atoms with van der Waals surface area (Å²) in [6, 6.07) is 8.36. The zero-order valence-corrected chi connectivity index (χ0v) is 13.4. The van der Waals surface area contributed by atoms with E-state index >= 15 is 0 Å². The molecule has 0 bridgehead atoms. The Kier molecular flexibility index (Phi) is 5.22. The van der Waals surface area contributed by atoms with Crippen LogP contribution in [0, 0.1) is 6.92 Å². The minimum Gasteiger partial charge on any atom is -0.369 e. The molecule has 100 valence electrons. The number of nitrogens with zero attached hydrogens (tertiary/aromatic N) is 2. The first kappa shape index (κ1) is 14.3. The third-order valence-corrected chi connectivity index (χ3v) is 4.34. The Balaban J connectivity index is 2.07. The van der Waals surface area contributed by atoms with Gasteiger partial charge in [0.2, 0.25) is 0 Å². The van der Waals surface area contributed by atoms with Crippen LogP contribution in [0.3, 0.4) is 0 Å². The molecule has 1 aromatic heterocycles. The number of anilines is 1. The molecule has 2 aromatic rings. The Morgan fingerprint density at radius 2 is 2.11 bits per heavy atom. The van der Waals surface area contributed by atoms with E-state index in [1.54, 1.807) is 18.0 Å². The van der Waals surface area contributed by atoms with Crippen molar-refractivity contribution in [2.45, 2.75) is 24.5 Å². The predicted molar refractivity (Wildman–Crippen MR) is 84.6 cm³/mol. The first-order valence-electron chi connectivity index (χ1n) is 6.14. The van der Waals surface area contributed by atoms with Crippen molar-refractivity contribution in [2.75, 3.05) is 11.9 Å². The van der Waals surface area contributed by atoms with Gasteiger partial charge in [0.05, 0.1) is 10.2 Å². The molecular formula is C14H16BrN3S. The van der Waals surface area contributed by atoms with Crippen LogP contribution in [0.2, 0.25) is 0 Å². The molecule has 0 spiro atoms. The van der Waals surface area contributed by atoms with Gasteiger partial charge in [0.1, 0.15) is 11.6 Å². The van der Waals surface area contributed by atoms with E-state index in [9.17, 15) is 0 Å². The van der Waals surface area contributed by atoms with Gasteiger partial charge in [0, 0.05) is 17.6 Å². The van der Waals surface area contributed by atoms with E-state index in [4.69, 9.17) is 0 Å². The molecule has 0 unspecified atom stereocenters. The van der Waals surface area contributed by atoms with Gasteiger partial charge < -0.3 is 5.32 Å². The highest BCUT2D eigenvalue weighted by Gasteiger charge is 2.05. The van der Waals surface area contributed by atoms with Gasteiger partial charge in [-0.1, -0.05) is 18.2 Å². The average molecular weight is 338 g/mol. The van der Waals surface area contributed by atoms with E-state index in [1.165, 1.54) is 10.5 Å². The van der Waals surface area contributed by atoms with Gasteiger partial charge in [-0.15, -0.1) is 11.8 Å². The topological polar surface area (TPSA) is 37.8 Å². The second-order valence-electron chi connectivity index (χ2n) is 4.07. The van der Waals surface area contributed by atoms with Crippen molar-refractivity contribution in [1.82, 2.24) is 9.97 Å². The van der Waals surface area contributed by atoms with Gasteiger partial charge >= 0.3 is 0 Å². The van der Waals surface area contributed by atoms with Gasteiger partial charge in [-0.3, -0.25) is 0 Å². The molecule has 0 aliphatic heterocycles. The average Bonchev–Trinajstić information content (AvgIpc) is 2.41. The van der Waals surface area contributed by atoms with Crippen LogP contribution in [0.15, 0.2) is 39.8 Å². The maximum absolute atomic E-state index is 4.52. The summed E-state index contributed by atoms with van der Waals surface area (Å²) in [7, 11) is 0. The molecular weight excluding hydrogens is 322 g/mol.